The van der Waals surface area contributed by atoms with Crippen LogP contribution in [-0.2, 0) is 16.4 Å². The quantitative estimate of drug-likeness (QED) is 0.850. The number of hydrogen-bond donors (Lipinski definition) is 1. The molecule has 0 unspecified atom stereocenters. The van der Waals surface area contributed by atoms with E-state index >= 15 is 0 Å². The Morgan fingerprint density at radius 1 is 1.42 bits per heavy atom. The Balaban J connectivity index is 2.50. The van der Waals surface area contributed by atoms with Crippen LogP contribution in [0.5, 0.6) is 0 Å². The van der Waals surface area contributed by atoms with E-state index in [0.29, 0.717) is 27.1 Å². The van der Waals surface area contributed by atoms with Crippen molar-refractivity contribution in [3.05, 3.63) is 24.1 Å². The summed E-state index contributed by atoms with van der Waals surface area (Å²) in [5.74, 6) is 0.740. The normalized spacial score (nSPS) is 11.7. The molecule has 1 heterocycles. The summed E-state index contributed by atoms with van der Waals surface area (Å²) in [7, 11) is -3.25. The average molecular weight is 299 g/mol. The van der Waals surface area contributed by atoms with E-state index in [1.165, 1.54) is 18.0 Å². The topological polar surface area (TPSA) is 99.1 Å². The van der Waals surface area contributed by atoms with Gasteiger partial charge in [-0.1, -0.05) is 5.16 Å². The third-order valence-corrected chi connectivity index (χ3v) is 4.53. The van der Waals surface area contributed by atoms with Gasteiger partial charge in [0.1, 0.15) is 0 Å². The first kappa shape index (κ1) is 14.0. The molecule has 19 heavy (non-hydrogen) atoms. The fraction of sp³-hybridized carbons (Fsp3) is 0.273. The zero-order chi connectivity index (χ0) is 14.0. The van der Waals surface area contributed by atoms with E-state index in [2.05, 4.69) is 10.1 Å². The summed E-state index contributed by atoms with van der Waals surface area (Å²) in [4.78, 5) is 5.05. The lowest BCUT2D eigenvalue weighted by Gasteiger charge is -2.06. The second-order valence-corrected chi connectivity index (χ2v) is 6.69. The van der Waals surface area contributed by atoms with E-state index in [0.717, 1.165) is 0 Å². The standard InChI is InChI=1S/C11H13N3O3S2/c1-18-8-5-7(3-4-9(8)19(2,15)16)11-13-10(6-12)17-14-11/h3-5H,6,12H2,1-2H3. The van der Waals surface area contributed by atoms with Gasteiger partial charge in [0.15, 0.2) is 9.84 Å². The van der Waals surface area contributed by atoms with Crippen molar-refractivity contribution < 1.29 is 12.9 Å². The fourth-order valence-electron chi connectivity index (χ4n) is 1.57. The number of nitrogens with zero attached hydrogens (tertiary/aromatic N) is 2. The predicted molar refractivity (Wildman–Crippen MR) is 72.5 cm³/mol. The third-order valence-electron chi connectivity index (χ3n) is 2.46. The van der Waals surface area contributed by atoms with E-state index in [1.54, 1.807) is 18.2 Å². The number of nitrogens with two attached hydrogens (primary N) is 1. The number of thioether (sulfide) groups is 1. The number of sulfone groups is 1. The van der Waals surface area contributed by atoms with Gasteiger partial charge in [-0.05, 0) is 24.5 Å². The lowest BCUT2D eigenvalue weighted by Crippen LogP contribution is -1.99. The van der Waals surface area contributed by atoms with Crippen LogP contribution >= 0.6 is 11.8 Å². The van der Waals surface area contributed by atoms with Gasteiger partial charge in [0, 0.05) is 16.7 Å². The Morgan fingerprint density at radius 2 is 2.16 bits per heavy atom. The van der Waals surface area contributed by atoms with Crippen LogP contribution in [0.1, 0.15) is 5.89 Å². The first-order valence-corrected chi connectivity index (χ1v) is 8.48. The van der Waals surface area contributed by atoms with Crippen LogP contribution in [0, 0.1) is 0 Å². The maximum absolute atomic E-state index is 11.6. The van der Waals surface area contributed by atoms with Crippen molar-refractivity contribution in [3.8, 4) is 11.4 Å². The average Bonchev–Trinajstić information content (AvgIpc) is 2.85. The van der Waals surface area contributed by atoms with Crippen molar-refractivity contribution in [2.75, 3.05) is 12.5 Å². The summed E-state index contributed by atoms with van der Waals surface area (Å²) in [6.45, 7) is 0.170. The van der Waals surface area contributed by atoms with E-state index in [-0.39, 0.29) is 6.54 Å². The van der Waals surface area contributed by atoms with Gasteiger partial charge in [-0.3, -0.25) is 0 Å². The largest absolute Gasteiger partial charge is 0.338 e. The molecule has 0 atom stereocenters. The second-order valence-electron chi connectivity index (χ2n) is 3.85. The van der Waals surface area contributed by atoms with Gasteiger partial charge in [0.05, 0.1) is 11.4 Å². The molecule has 8 heteroatoms. The Bertz CT molecular complexity index is 695. The van der Waals surface area contributed by atoms with Crippen molar-refractivity contribution in [2.45, 2.75) is 16.3 Å². The summed E-state index contributed by atoms with van der Waals surface area (Å²) in [5, 5.41) is 3.80. The Labute approximate surface area is 115 Å². The zero-order valence-electron chi connectivity index (χ0n) is 10.5. The molecule has 0 bridgehead atoms. The highest BCUT2D eigenvalue weighted by atomic mass is 32.2. The van der Waals surface area contributed by atoms with Crippen LogP contribution in [0.3, 0.4) is 0 Å². The molecule has 102 valence electrons. The smallest absolute Gasteiger partial charge is 0.240 e. The van der Waals surface area contributed by atoms with Crippen LogP contribution in [0.4, 0.5) is 0 Å². The first-order chi connectivity index (χ1) is 8.95. The van der Waals surface area contributed by atoms with Crippen molar-refractivity contribution in [1.82, 2.24) is 10.1 Å². The molecule has 2 rings (SSSR count). The summed E-state index contributed by atoms with van der Waals surface area (Å²) in [6.07, 6.45) is 3.00. The van der Waals surface area contributed by atoms with Crippen LogP contribution in [0.15, 0.2) is 32.5 Å². The van der Waals surface area contributed by atoms with Gasteiger partial charge in [-0.15, -0.1) is 11.8 Å². The highest BCUT2D eigenvalue weighted by Crippen LogP contribution is 2.29. The van der Waals surface area contributed by atoms with Crippen LogP contribution in [0.25, 0.3) is 11.4 Å². The predicted octanol–water partition coefficient (Wildman–Crippen LogP) is 1.32. The minimum atomic E-state index is -3.25. The molecule has 0 radical (unpaired) electrons. The molecule has 0 aliphatic rings. The van der Waals surface area contributed by atoms with Gasteiger partial charge >= 0.3 is 0 Å². The maximum Gasteiger partial charge on any atom is 0.240 e. The molecule has 0 amide bonds. The minimum Gasteiger partial charge on any atom is -0.338 e. The third kappa shape index (κ3) is 2.96. The highest BCUT2D eigenvalue weighted by Gasteiger charge is 2.15. The van der Waals surface area contributed by atoms with E-state index in [9.17, 15) is 8.42 Å². The number of hydrogen-bond acceptors (Lipinski definition) is 7. The summed E-state index contributed by atoms with van der Waals surface area (Å²) in [5.41, 5.74) is 6.09. The van der Waals surface area contributed by atoms with Crippen molar-refractivity contribution in [1.29, 1.82) is 0 Å². The van der Waals surface area contributed by atoms with Gasteiger partial charge < -0.3 is 10.3 Å². The highest BCUT2D eigenvalue weighted by molar-refractivity contribution is 7.99. The molecule has 0 fully saturated rings. The lowest BCUT2D eigenvalue weighted by atomic mass is 10.2. The minimum absolute atomic E-state index is 0.170. The van der Waals surface area contributed by atoms with Gasteiger partial charge in [-0.25, -0.2) is 8.42 Å². The van der Waals surface area contributed by atoms with Gasteiger partial charge in [-0.2, -0.15) is 4.98 Å². The van der Waals surface area contributed by atoms with Crippen molar-refractivity contribution in [2.24, 2.45) is 5.73 Å². The molecule has 0 saturated carbocycles. The van der Waals surface area contributed by atoms with Gasteiger partial charge in [0.25, 0.3) is 0 Å². The van der Waals surface area contributed by atoms with E-state index in [1.807, 2.05) is 6.26 Å². The first-order valence-electron chi connectivity index (χ1n) is 5.37. The Kier molecular flexibility index (Phi) is 3.93. The summed E-state index contributed by atoms with van der Waals surface area (Å²) < 4.78 is 28.2. The Morgan fingerprint density at radius 3 is 2.68 bits per heavy atom. The summed E-state index contributed by atoms with van der Waals surface area (Å²) in [6, 6.07) is 4.93. The van der Waals surface area contributed by atoms with Crippen LogP contribution < -0.4 is 5.73 Å². The molecule has 0 spiro atoms. The second kappa shape index (κ2) is 5.32. The monoisotopic (exact) mass is 299 g/mol. The molecular weight excluding hydrogens is 286 g/mol. The maximum atomic E-state index is 11.6. The zero-order valence-corrected chi connectivity index (χ0v) is 12.1. The molecule has 2 N–H and O–H groups in total. The van der Waals surface area contributed by atoms with E-state index < -0.39 is 9.84 Å². The summed E-state index contributed by atoms with van der Waals surface area (Å²) >= 11 is 1.35. The number of benzene rings is 1. The molecule has 1 aromatic heterocycles. The lowest BCUT2D eigenvalue weighted by molar-refractivity contribution is 0.380. The van der Waals surface area contributed by atoms with Crippen molar-refractivity contribution in [3.63, 3.8) is 0 Å². The molecule has 0 aliphatic carbocycles. The van der Waals surface area contributed by atoms with E-state index in [4.69, 9.17) is 10.3 Å². The molecule has 2 aromatic rings. The Hall–Kier alpha value is -1.38. The van der Waals surface area contributed by atoms with Crippen LogP contribution in [-0.4, -0.2) is 31.1 Å². The van der Waals surface area contributed by atoms with Crippen LogP contribution in [0.2, 0.25) is 0 Å². The molecule has 6 nitrogen and oxygen atoms in total. The molecule has 1 aromatic carbocycles. The SMILES string of the molecule is CSc1cc(-c2noc(CN)n2)ccc1S(C)(=O)=O. The number of rotatable bonds is 4. The van der Waals surface area contributed by atoms with Crippen molar-refractivity contribution >= 4 is 21.6 Å². The fourth-order valence-corrected chi connectivity index (χ4v) is 3.53. The van der Waals surface area contributed by atoms with Gasteiger partial charge in [0.2, 0.25) is 11.7 Å². The molecule has 0 saturated heterocycles. The molecule has 0 aliphatic heterocycles. The number of aromatic nitrogens is 2. The molecular formula is C11H13N3O3S2.